The van der Waals surface area contributed by atoms with Gasteiger partial charge in [-0.3, -0.25) is 9.89 Å². The molecule has 0 fully saturated rings. The summed E-state index contributed by atoms with van der Waals surface area (Å²) in [5, 5.41) is 20.7. The number of fused-ring (bicyclic) bond motifs is 1. The van der Waals surface area contributed by atoms with E-state index in [0.717, 1.165) is 41.3 Å². The van der Waals surface area contributed by atoms with Crippen LogP contribution in [0.2, 0.25) is 0 Å². The number of nitriles is 1. The first-order chi connectivity index (χ1) is 14.1. The zero-order chi connectivity index (χ0) is 20.2. The van der Waals surface area contributed by atoms with Crippen molar-refractivity contribution in [3.05, 3.63) is 57.7 Å². The van der Waals surface area contributed by atoms with E-state index in [9.17, 15) is 10.1 Å². The molecule has 148 valence electrons. The molecule has 0 saturated carbocycles. The minimum Gasteiger partial charge on any atom is -0.316 e. The van der Waals surface area contributed by atoms with Crippen molar-refractivity contribution in [1.82, 2.24) is 20.1 Å². The van der Waals surface area contributed by atoms with Crippen LogP contribution in [0.25, 0.3) is 0 Å². The van der Waals surface area contributed by atoms with Gasteiger partial charge in [-0.1, -0.05) is 42.1 Å². The molecule has 0 atom stereocenters. The van der Waals surface area contributed by atoms with Crippen molar-refractivity contribution in [2.45, 2.75) is 24.5 Å². The van der Waals surface area contributed by atoms with Gasteiger partial charge in [0.15, 0.2) is 0 Å². The second-order valence-corrected chi connectivity index (χ2v) is 8.92. The molecule has 0 bridgehead atoms. The van der Waals surface area contributed by atoms with Gasteiger partial charge in [0.25, 0.3) is 0 Å². The van der Waals surface area contributed by atoms with Gasteiger partial charge >= 0.3 is 0 Å². The number of thioether (sulfide) groups is 1. The number of anilines is 1. The quantitative estimate of drug-likeness (QED) is 0.590. The van der Waals surface area contributed by atoms with E-state index in [-0.39, 0.29) is 11.7 Å². The Balaban J connectivity index is 1.35. The number of aromatic nitrogens is 3. The highest BCUT2D eigenvalue weighted by atomic mass is 32.2. The summed E-state index contributed by atoms with van der Waals surface area (Å²) in [5.74, 6) is 0.796. The van der Waals surface area contributed by atoms with E-state index in [1.54, 1.807) is 0 Å². The third kappa shape index (κ3) is 4.67. The summed E-state index contributed by atoms with van der Waals surface area (Å²) < 4.78 is 0. The van der Waals surface area contributed by atoms with Crippen molar-refractivity contribution in [2.24, 2.45) is 0 Å². The Hall–Kier alpha value is -2.67. The number of hydrogen-bond donors (Lipinski definition) is 2. The Morgan fingerprint density at radius 2 is 2.24 bits per heavy atom. The highest BCUT2D eigenvalue weighted by Gasteiger charge is 2.23. The standard InChI is InChI=1S/C20H20N6OS2/c1-26-8-7-14-15(10-21)19(29-16(14)11-26)23-18(27)12-28-20-22-17(24-25-20)9-13-5-3-2-4-6-13/h2-6H,7-9,11-12H2,1H3,(H,23,27)(H,22,24,25). The molecule has 0 saturated heterocycles. The van der Waals surface area contributed by atoms with Gasteiger partial charge in [0.05, 0.1) is 11.3 Å². The molecule has 3 aromatic rings. The van der Waals surface area contributed by atoms with Gasteiger partial charge in [-0.2, -0.15) is 5.26 Å². The van der Waals surface area contributed by atoms with Crippen LogP contribution in [0.3, 0.4) is 0 Å². The summed E-state index contributed by atoms with van der Waals surface area (Å²) in [6, 6.07) is 12.3. The zero-order valence-electron chi connectivity index (χ0n) is 15.9. The largest absolute Gasteiger partial charge is 0.316 e. The van der Waals surface area contributed by atoms with Crippen LogP contribution in [0, 0.1) is 11.3 Å². The van der Waals surface area contributed by atoms with Gasteiger partial charge < -0.3 is 10.2 Å². The Morgan fingerprint density at radius 3 is 3.03 bits per heavy atom. The topological polar surface area (TPSA) is 97.7 Å². The second kappa shape index (κ2) is 8.78. The number of aromatic amines is 1. The molecule has 9 heteroatoms. The van der Waals surface area contributed by atoms with E-state index in [2.05, 4.69) is 38.5 Å². The van der Waals surface area contributed by atoms with Crippen molar-refractivity contribution in [2.75, 3.05) is 24.7 Å². The van der Waals surface area contributed by atoms with Crippen LogP contribution < -0.4 is 5.32 Å². The van der Waals surface area contributed by atoms with Crippen LogP contribution in [0.5, 0.6) is 0 Å². The van der Waals surface area contributed by atoms with Crippen LogP contribution >= 0.6 is 23.1 Å². The zero-order valence-corrected chi connectivity index (χ0v) is 17.6. The minimum atomic E-state index is -0.159. The van der Waals surface area contributed by atoms with E-state index < -0.39 is 0 Å². The van der Waals surface area contributed by atoms with Crippen molar-refractivity contribution < 1.29 is 4.79 Å². The fourth-order valence-corrected chi connectivity index (χ4v) is 5.15. The lowest BCUT2D eigenvalue weighted by Gasteiger charge is -2.21. The summed E-state index contributed by atoms with van der Waals surface area (Å²) in [7, 11) is 2.06. The number of likely N-dealkylation sites (N-methyl/N-ethyl adjacent to an activating group) is 1. The number of carbonyl (C=O) groups is 1. The maximum Gasteiger partial charge on any atom is 0.235 e. The van der Waals surface area contributed by atoms with Crippen LogP contribution in [0.4, 0.5) is 5.00 Å². The molecule has 29 heavy (non-hydrogen) atoms. The molecule has 0 spiro atoms. The Bertz CT molecular complexity index is 1050. The van der Waals surface area contributed by atoms with Crippen molar-refractivity contribution in [3.63, 3.8) is 0 Å². The lowest BCUT2D eigenvalue weighted by Crippen LogP contribution is -2.25. The van der Waals surface area contributed by atoms with Crippen molar-refractivity contribution >= 4 is 34.0 Å². The average molecular weight is 425 g/mol. The second-order valence-electron chi connectivity index (χ2n) is 6.87. The van der Waals surface area contributed by atoms with E-state index in [1.807, 2.05) is 30.3 Å². The Morgan fingerprint density at radius 1 is 1.41 bits per heavy atom. The highest BCUT2D eigenvalue weighted by molar-refractivity contribution is 7.99. The number of hydrogen-bond acceptors (Lipinski definition) is 7. The molecule has 0 radical (unpaired) electrons. The summed E-state index contributed by atoms with van der Waals surface area (Å²) in [4.78, 5) is 20.2. The molecular formula is C20H20N6OS2. The van der Waals surface area contributed by atoms with Gasteiger partial charge in [0.2, 0.25) is 11.1 Å². The average Bonchev–Trinajstić information content (AvgIpc) is 3.30. The fraction of sp³-hybridized carbons (Fsp3) is 0.300. The number of carbonyl (C=O) groups excluding carboxylic acids is 1. The number of amides is 1. The number of nitrogens with one attached hydrogen (secondary N) is 2. The SMILES string of the molecule is CN1CCc2c(sc(NC(=O)CSc3n[nH]c(Cc4ccccc4)n3)c2C#N)C1. The van der Waals surface area contributed by atoms with Crippen LogP contribution in [-0.4, -0.2) is 45.3 Å². The van der Waals surface area contributed by atoms with Gasteiger partial charge in [0.1, 0.15) is 16.9 Å². The first-order valence-electron chi connectivity index (χ1n) is 9.23. The predicted octanol–water partition coefficient (Wildman–Crippen LogP) is 3.05. The molecule has 1 aliphatic heterocycles. The molecule has 1 aliphatic rings. The number of nitrogens with zero attached hydrogens (tertiary/aromatic N) is 4. The van der Waals surface area contributed by atoms with E-state index >= 15 is 0 Å². The molecule has 2 aromatic heterocycles. The van der Waals surface area contributed by atoms with Crippen molar-refractivity contribution in [3.8, 4) is 6.07 Å². The Labute approximate surface area is 177 Å². The molecule has 0 unspecified atom stereocenters. The normalized spacial score (nSPS) is 13.7. The number of benzene rings is 1. The number of rotatable bonds is 6. The van der Waals surface area contributed by atoms with Gasteiger partial charge in [-0.05, 0) is 24.6 Å². The molecule has 1 amide bonds. The summed E-state index contributed by atoms with van der Waals surface area (Å²) in [6.45, 7) is 1.75. The van der Waals surface area contributed by atoms with Gasteiger partial charge in [-0.15, -0.1) is 16.4 Å². The lowest BCUT2D eigenvalue weighted by atomic mass is 10.0. The predicted molar refractivity (Wildman–Crippen MR) is 114 cm³/mol. The van der Waals surface area contributed by atoms with Gasteiger partial charge in [-0.25, -0.2) is 4.98 Å². The monoisotopic (exact) mass is 424 g/mol. The van der Waals surface area contributed by atoms with E-state index in [4.69, 9.17) is 0 Å². The number of thiophene rings is 1. The molecular weight excluding hydrogens is 404 g/mol. The maximum absolute atomic E-state index is 12.4. The minimum absolute atomic E-state index is 0.159. The Kier molecular flexibility index (Phi) is 5.94. The van der Waals surface area contributed by atoms with Crippen LogP contribution in [0.1, 0.15) is 27.4 Å². The summed E-state index contributed by atoms with van der Waals surface area (Å²) >= 11 is 2.78. The third-order valence-electron chi connectivity index (χ3n) is 4.67. The smallest absolute Gasteiger partial charge is 0.235 e. The summed E-state index contributed by atoms with van der Waals surface area (Å²) in [6.07, 6.45) is 1.51. The van der Waals surface area contributed by atoms with Crippen molar-refractivity contribution in [1.29, 1.82) is 5.26 Å². The third-order valence-corrected chi connectivity index (χ3v) is 6.65. The van der Waals surface area contributed by atoms with E-state index in [0.29, 0.717) is 22.1 Å². The molecule has 2 N–H and O–H groups in total. The molecule has 4 rings (SSSR count). The molecule has 7 nitrogen and oxygen atoms in total. The van der Waals surface area contributed by atoms with E-state index in [1.165, 1.54) is 23.1 Å². The molecule has 3 heterocycles. The van der Waals surface area contributed by atoms with Crippen LogP contribution in [0.15, 0.2) is 35.5 Å². The first-order valence-corrected chi connectivity index (χ1v) is 11.0. The summed E-state index contributed by atoms with van der Waals surface area (Å²) in [5.41, 5.74) is 2.84. The lowest BCUT2D eigenvalue weighted by molar-refractivity contribution is -0.113. The first kappa shape index (κ1) is 19.6. The molecule has 1 aromatic carbocycles. The maximum atomic E-state index is 12.4. The number of H-pyrrole nitrogens is 1. The fourth-order valence-electron chi connectivity index (χ4n) is 3.24. The van der Waals surface area contributed by atoms with Crippen LogP contribution in [-0.2, 0) is 24.2 Å². The molecule has 0 aliphatic carbocycles. The highest BCUT2D eigenvalue weighted by Crippen LogP contribution is 2.36. The van der Waals surface area contributed by atoms with Gasteiger partial charge in [0, 0.05) is 24.4 Å².